The van der Waals surface area contributed by atoms with E-state index in [4.69, 9.17) is 9.47 Å². The number of anilines is 1. The molecule has 3 aromatic carbocycles. The van der Waals surface area contributed by atoms with Crippen molar-refractivity contribution in [1.29, 1.82) is 0 Å². The summed E-state index contributed by atoms with van der Waals surface area (Å²) in [6.45, 7) is 10.1. The molecule has 1 aliphatic heterocycles. The largest absolute Gasteiger partial charge is 0.428 e. The number of carbonyl (C=O) groups is 2. The Hall–Kier alpha value is -3.97. The second kappa shape index (κ2) is 13.0. The monoisotopic (exact) mass is 649 g/mol. The Bertz CT molecular complexity index is 1760. The fraction of sp³-hybridized carbons (Fsp3) is 0.412. The highest BCUT2D eigenvalue weighted by Gasteiger charge is 2.33. The Labute approximate surface area is 271 Å². The molecular formula is C34H43N5O6S. The minimum Gasteiger partial charge on any atom is -0.428 e. The van der Waals surface area contributed by atoms with E-state index in [9.17, 15) is 18.7 Å². The lowest BCUT2D eigenvalue weighted by atomic mass is 9.84. The Morgan fingerprint density at radius 1 is 1.00 bits per heavy atom. The van der Waals surface area contributed by atoms with Gasteiger partial charge in [0.15, 0.2) is 0 Å². The molecule has 0 aliphatic carbocycles. The molecule has 4 aromatic rings. The third kappa shape index (κ3) is 6.75. The zero-order valence-electron chi connectivity index (χ0n) is 27.5. The number of esters is 2. The molecule has 11 nitrogen and oxygen atoms in total. The summed E-state index contributed by atoms with van der Waals surface area (Å²) < 4.78 is 37.1. The van der Waals surface area contributed by atoms with Crippen LogP contribution in [0.3, 0.4) is 0 Å². The molecule has 2 N–H and O–H groups in total. The smallest absolute Gasteiger partial charge is 0.314 e. The first kappa shape index (κ1) is 33.4. The molecule has 0 saturated heterocycles. The number of nitrogens with zero attached hydrogens (tertiary/aromatic N) is 5. The highest BCUT2D eigenvalue weighted by molar-refractivity contribution is 8.22. The summed E-state index contributed by atoms with van der Waals surface area (Å²) in [5.74, 6) is -1.40. The zero-order chi connectivity index (χ0) is 33.4. The standard InChI is InChI=1S/C34H43N5O6S/c1-22-12-13-24(18-25(22)20-39-17-16-37(6)28-10-8-9-11-30(28)46(39,42)43)27(19-31(40)44-21-45-33(41)34(3,4)5)26-14-15-29-32(23(26)2)35-36-38(29)7/h8-15,18,27,42-43H,16-17,19-21H2,1-7H3. The van der Waals surface area contributed by atoms with Crippen LogP contribution in [0.4, 0.5) is 5.69 Å². The first-order valence-corrected chi connectivity index (χ1v) is 16.7. The van der Waals surface area contributed by atoms with Crippen LogP contribution >= 0.6 is 10.8 Å². The highest BCUT2D eigenvalue weighted by atomic mass is 32.3. The molecule has 5 rings (SSSR count). The average Bonchev–Trinajstić information content (AvgIpc) is 3.35. The van der Waals surface area contributed by atoms with E-state index in [0.29, 0.717) is 24.5 Å². The van der Waals surface area contributed by atoms with E-state index in [2.05, 4.69) is 10.3 Å². The molecule has 246 valence electrons. The maximum absolute atomic E-state index is 13.2. The summed E-state index contributed by atoms with van der Waals surface area (Å²) in [6, 6.07) is 17.3. The van der Waals surface area contributed by atoms with Gasteiger partial charge in [0.2, 0.25) is 6.79 Å². The van der Waals surface area contributed by atoms with Crippen molar-refractivity contribution in [2.45, 2.75) is 58.4 Å². The van der Waals surface area contributed by atoms with Gasteiger partial charge in [-0.15, -0.1) is 15.9 Å². The molecule has 1 unspecified atom stereocenters. The van der Waals surface area contributed by atoms with Crippen molar-refractivity contribution in [1.82, 2.24) is 19.3 Å². The van der Waals surface area contributed by atoms with Crippen molar-refractivity contribution in [3.8, 4) is 0 Å². The van der Waals surface area contributed by atoms with Gasteiger partial charge in [-0.25, -0.2) is 4.68 Å². The van der Waals surface area contributed by atoms with Gasteiger partial charge < -0.3 is 14.4 Å². The van der Waals surface area contributed by atoms with Crippen LogP contribution in [0.1, 0.15) is 60.9 Å². The number of carbonyl (C=O) groups excluding carboxylic acids is 2. The summed E-state index contributed by atoms with van der Waals surface area (Å²) >= 11 is 0. The normalized spacial score (nSPS) is 16.4. The summed E-state index contributed by atoms with van der Waals surface area (Å²) in [4.78, 5) is 28.0. The molecule has 2 heterocycles. The number of ether oxygens (including phenoxy) is 2. The molecule has 0 saturated carbocycles. The van der Waals surface area contributed by atoms with Crippen LogP contribution in [-0.2, 0) is 32.7 Å². The minimum atomic E-state index is -3.27. The molecule has 46 heavy (non-hydrogen) atoms. The summed E-state index contributed by atoms with van der Waals surface area (Å²) in [5, 5.41) is 8.53. The van der Waals surface area contributed by atoms with E-state index >= 15 is 0 Å². The predicted molar refractivity (Wildman–Crippen MR) is 179 cm³/mol. The predicted octanol–water partition coefficient (Wildman–Crippen LogP) is 6.17. The second-order valence-corrected chi connectivity index (χ2v) is 14.9. The fourth-order valence-electron chi connectivity index (χ4n) is 5.71. The van der Waals surface area contributed by atoms with Gasteiger partial charge in [0, 0.05) is 39.6 Å². The number of fused-ring (bicyclic) bond motifs is 2. The van der Waals surface area contributed by atoms with Crippen LogP contribution in [0, 0.1) is 19.3 Å². The van der Waals surface area contributed by atoms with Crippen LogP contribution in [0.5, 0.6) is 0 Å². The molecular weight excluding hydrogens is 606 g/mol. The van der Waals surface area contributed by atoms with Crippen molar-refractivity contribution < 1.29 is 28.2 Å². The second-order valence-electron chi connectivity index (χ2n) is 12.9. The van der Waals surface area contributed by atoms with E-state index in [1.54, 1.807) is 35.8 Å². The summed E-state index contributed by atoms with van der Waals surface area (Å²) in [6.07, 6.45) is -0.0146. The Balaban J connectivity index is 1.48. The molecule has 1 aliphatic rings. The van der Waals surface area contributed by atoms with Gasteiger partial charge in [0.25, 0.3) is 0 Å². The number of aryl methyl sites for hydroxylation is 3. The lowest BCUT2D eigenvalue weighted by Crippen LogP contribution is -2.31. The van der Waals surface area contributed by atoms with Gasteiger partial charge in [-0.05, 0) is 80.6 Å². The number of aromatic nitrogens is 3. The van der Waals surface area contributed by atoms with Gasteiger partial charge >= 0.3 is 11.9 Å². The first-order chi connectivity index (χ1) is 21.7. The van der Waals surface area contributed by atoms with Crippen LogP contribution in [0.25, 0.3) is 11.0 Å². The van der Waals surface area contributed by atoms with Crippen LogP contribution < -0.4 is 4.90 Å². The van der Waals surface area contributed by atoms with Crippen LogP contribution in [0.2, 0.25) is 0 Å². The third-order valence-electron chi connectivity index (χ3n) is 8.59. The molecule has 0 spiro atoms. The number of hydrogen-bond acceptors (Lipinski definition) is 10. The molecule has 0 amide bonds. The van der Waals surface area contributed by atoms with Gasteiger partial charge in [-0.3, -0.25) is 18.7 Å². The zero-order valence-corrected chi connectivity index (χ0v) is 28.3. The highest BCUT2D eigenvalue weighted by Crippen LogP contribution is 2.56. The van der Waals surface area contributed by atoms with E-state index in [0.717, 1.165) is 44.5 Å². The average molecular weight is 650 g/mol. The van der Waals surface area contributed by atoms with E-state index in [1.807, 2.05) is 81.4 Å². The maximum Gasteiger partial charge on any atom is 0.314 e. The van der Waals surface area contributed by atoms with E-state index in [-0.39, 0.29) is 6.42 Å². The Morgan fingerprint density at radius 2 is 1.74 bits per heavy atom. The van der Waals surface area contributed by atoms with E-state index in [1.165, 1.54) is 0 Å². The topological polar surface area (TPSA) is 130 Å². The molecule has 0 bridgehead atoms. The first-order valence-electron chi connectivity index (χ1n) is 15.2. The minimum absolute atomic E-state index is 0.0146. The molecule has 0 radical (unpaired) electrons. The van der Waals surface area contributed by atoms with Crippen LogP contribution in [-0.4, -0.2) is 67.3 Å². The molecule has 12 heteroatoms. The molecule has 0 fully saturated rings. The number of likely N-dealkylation sites (N-methyl/N-ethyl adjacent to an activating group) is 1. The van der Waals surface area contributed by atoms with E-state index < -0.39 is 40.8 Å². The summed E-state index contributed by atoms with van der Waals surface area (Å²) in [5.41, 5.74) is 6.24. The van der Waals surface area contributed by atoms with Gasteiger partial charge in [-0.2, -0.15) is 4.31 Å². The Kier molecular flexibility index (Phi) is 9.46. The lowest BCUT2D eigenvalue weighted by Gasteiger charge is -2.42. The maximum atomic E-state index is 13.2. The lowest BCUT2D eigenvalue weighted by molar-refractivity contribution is -0.173. The van der Waals surface area contributed by atoms with Gasteiger partial charge in [-0.1, -0.05) is 41.6 Å². The number of para-hydroxylation sites is 1. The molecule has 1 aromatic heterocycles. The van der Waals surface area contributed by atoms with Gasteiger partial charge in [0.1, 0.15) is 5.52 Å². The Morgan fingerprint density at radius 3 is 2.48 bits per heavy atom. The quantitative estimate of drug-likeness (QED) is 0.169. The number of benzene rings is 3. The van der Waals surface area contributed by atoms with Crippen molar-refractivity contribution in [3.63, 3.8) is 0 Å². The number of rotatable bonds is 8. The van der Waals surface area contributed by atoms with Crippen LogP contribution in [0.15, 0.2) is 59.5 Å². The summed E-state index contributed by atoms with van der Waals surface area (Å²) in [7, 11) is 0.514. The van der Waals surface area contributed by atoms with Crippen molar-refractivity contribution in [2.75, 3.05) is 31.8 Å². The van der Waals surface area contributed by atoms with Crippen molar-refractivity contribution in [2.24, 2.45) is 12.5 Å². The molecule has 1 atom stereocenters. The fourth-order valence-corrected chi connectivity index (χ4v) is 7.41. The number of hydrogen-bond donors (Lipinski definition) is 2. The van der Waals surface area contributed by atoms with Gasteiger partial charge in [0.05, 0.1) is 27.9 Å². The SMILES string of the molecule is Cc1ccc(C(CC(=O)OCOC(=O)C(C)(C)C)c2ccc3c(nnn3C)c2C)cc1CN1CCN(C)c2ccccc2S1(O)O. The third-order valence-corrected chi connectivity index (χ3v) is 10.6. The van der Waals surface area contributed by atoms with Crippen molar-refractivity contribution in [3.05, 3.63) is 82.4 Å². The van der Waals surface area contributed by atoms with Crippen molar-refractivity contribution >= 4 is 39.4 Å².